The molecule has 1 saturated heterocycles. The van der Waals surface area contributed by atoms with Crippen LogP contribution in [0.15, 0.2) is 30.3 Å². The topological polar surface area (TPSA) is 29.5 Å². The zero-order chi connectivity index (χ0) is 14.5. The predicted molar refractivity (Wildman–Crippen MR) is 81.5 cm³/mol. The number of ether oxygens (including phenoxy) is 1. The van der Waals surface area contributed by atoms with Crippen LogP contribution in [0.2, 0.25) is 0 Å². The number of benzene rings is 1. The summed E-state index contributed by atoms with van der Waals surface area (Å²) in [7, 11) is 0. The SMILES string of the molecule is O=C1OC[C@@H](Cc2ccccc2)N1C#CC1CCCCC1. The summed E-state index contributed by atoms with van der Waals surface area (Å²) in [6.45, 7) is 0.438. The summed E-state index contributed by atoms with van der Waals surface area (Å²) in [4.78, 5) is 13.4. The van der Waals surface area contributed by atoms with Gasteiger partial charge in [-0.1, -0.05) is 55.5 Å². The Bertz CT molecular complexity index is 537. The Hall–Kier alpha value is -1.95. The van der Waals surface area contributed by atoms with Gasteiger partial charge in [-0.05, 0) is 24.8 Å². The Labute approximate surface area is 126 Å². The highest BCUT2D eigenvalue weighted by molar-refractivity contribution is 5.72. The first kappa shape index (κ1) is 14.0. The number of carbonyl (C=O) groups is 1. The van der Waals surface area contributed by atoms with Crippen LogP contribution in [-0.4, -0.2) is 23.6 Å². The maximum Gasteiger partial charge on any atom is 0.422 e. The van der Waals surface area contributed by atoms with Gasteiger partial charge in [0.25, 0.3) is 0 Å². The molecule has 1 aliphatic heterocycles. The molecule has 1 saturated carbocycles. The Morgan fingerprint density at radius 2 is 1.90 bits per heavy atom. The van der Waals surface area contributed by atoms with Gasteiger partial charge < -0.3 is 4.74 Å². The fraction of sp³-hybridized carbons (Fsp3) is 0.500. The molecule has 0 N–H and O–H groups in total. The Balaban J connectivity index is 1.66. The van der Waals surface area contributed by atoms with Crippen LogP contribution in [0.1, 0.15) is 37.7 Å². The van der Waals surface area contributed by atoms with Crippen LogP contribution in [0.5, 0.6) is 0 Å². The van der Waals surface area contributed by atoms with Gasteiger partial charge in [-0.2, -0.15) is 0 Å². The van der Waals surface area contributed by atoms with Crippen LogP contribution < -0.4 is 0 Å². The van der Waals surface area contributed by atoms with E-state index in [0.717, 1.165) is 6.42 Å². The maximum atomic E-state index is 11.8. The van der Waals surface area contributed by atoms with Gasteiger partial charge >= 0.3 is 6.09 Å². The van der Waals surface area contributed by atoms with Crippen molar-refractivity contribution in [2.24, 2.45) is 5.92 Å². The third kappa shape index (κ3) is 3.58. The van der Waals surface area contributed by atoms with Crippen molar-refractivity contribution in [3.8, 4) is 12.0 Å². The van der Waals surface area contributed by atoms with Crippen LogP contribution in [0.25, 0.3) is 0 Å². The summed E-state index contributed by atoms with van der Waals surface area (Å²) >= 11 is 0. The molecule has 1 atom stereocenters. The van der Waals surface area contributed by atoms with Crippen molar-refractivity contribution in [3.63, 3.8) is 0 Å². The quantitative estimate of drug-likeness (QED) is 0.776. The number of cyclic esters (lactones) is 1. The molecule has 3 rings (SSSR count). The zero-order valence-electron chi connectivity index (χ0n) is 12.3. The minimum absolute atomic E-state index is 0.0380. The molecular formula is C18H21NO2. The molecule has 1 heterocycles. The number of rotatable bonds is 2. The predicted octanol–water partition coefficient (Wildman–Crippen LogP) is 3.59. The van der Waals surface area contributed by atoms with Crippen LogP contribution in [0.4, 0.5) is 4.79 Å². The molecular weight excluding hydrogens is 262 g/mol. The van der Waals surface area contributed by atoms with E-state index >= 15 is 0 Å². The van der Waals surface area contributed by atoms with Crippen molar-refractivity contribution < 1.29 is 9.53 Å². The number of hydrogen-bond acceptors (Lipinski definition) is 2. The average Bonchev–Trinajstić information content (AvgIpc) is 2.87. The van der Waals surface area contributed by atoms with E-state index in [2.05, 4.69) is 24.1 Å². The lowest BCUT2D eigenvalue weighted by atomic mass is 9.90. The van der Waals surface area contributed by atoms with E-state index < -0.39 is 0 Å². The first-order valence-corrected chi connectivity index (χ1v) is 7.84. The van der Waals surface area contributed by atoms with E-state index in [1.54, 1.807) is 4.90 Å². The van der Waals surface area contributed by atoms with Crippen LogP contribution in [-0.2, 0) is 11.2 Å². The third-order valence-electron chi connectivity index (χ3n) is 4.27. The number of nitrogens with zero attached hydrogens (tertiary/aromatic N) is 1. The number of carbonyl (C=O) groups excluding carboxylic acids is 1. The Kier molecular flexibility index (Phi) is 4.45. The molecule has 2 aliphatic rings. The fourth-order valence-corrected chi connectivity index (χ4v) is 3.04. The van der Waals surface area contributed by atoms with E-state index in [1.807, 2.05) is 18.2 Å². The van der Waals surface area contributed by atoms with Crippen molar-refractivity contribution in [3.05, 3.63) is 35.9 Å². The molecule has 1 amide bonds. The van der Waals surface area contributed by atoms with Gasteiger partial charge in [0, 0.05) is 12.0 Å². The largest absolute Gasteiger partial charge is 0.446 e. The molecule has 0 unspecified atom stereocenters. The highest BCUT2D eigenvalue weighted by atomic mass is 16.6. The molecule has 0 radical (unpaired) electrons. The van der Waals surface area contributed by atoms with E-state index in [-0.39, 0.29) is 12.1 Å². The minimum atomic E-state index is -0.292. The van der Waals surface area contributed by atoms with E-state index in [9.17, 15) is 4.79 Å². The van der Waals surface area contributed by atoms with Crippen LogP contribution in [0.3, 0.4) is 0 Å². The molecule has 2 fully saturated rings. The molecule has 1 aliphatic carbocycles. The van der Waals surface area contributed by atoms with Gasteiger partial charge in [-0.3, -0.25) is 0 Å². The third-order valence-corrected chi connectivity index (χ3v) is 4.27. The normalized spacial score (nSPS) is 22.6. The summed E-state index contributed by atoms with van der Waals surface area (Å²) in [5.74, 6) is 3.73. The van der Waals surface area contributed by atoms with Crippen molar-refractivity contribution in [1.82, 2.24) is 4.90 Å². The van der Waals surface area contributed by atoms with Crippen molar-refractivity contribution in [1.29, 1.82) is 0 Å². The number of hydrogen-bond donors (Lipinski definition) is 0. The average molecular weight is 283 g/mol. The lowest BCUT2D eigenvalue weighted by molar-refractivity contribution is 0.167. The van der Waals surface area contributed by atoms with E-state index in [4.69, 9.17) is 4.74 Å². The summed E-state index contributed by atoms with van der Waals surface area (Å²) in [5.41, 5.74) is 1.21. The summed E-state index contributed by atoms with van der Waals surface area (Å²) in [6, 6.07) is 13.3. The highest BCUT2D eigenvalue weighted by Gasteiger charge is 2.32. The molecule has 21 heavy (non-hydrogen) atoms. The summed E-state index contributed by atoms with van der Waals surface area (Å²) in [6.07, 6.45) is 6.68. The van der Waals surface area contributed by atoms with Crippen molar-refractivity contribution in [2.45, 2.75) is 44.6 Å². The van der Waals surface area contributed by atoms with Gasteiger partial charge in [0.15, 0.2) is 0 Å². The molecule has 3 heteroatoms. The molecule has 3 nitrogen and oxygen atoms in total. The zero-order valence-corrected chi connectivity index (χ0v) is 12.3. The van der Waals surface area contributed by atoms with Crippen LogP contribution >= 0.6 is 0 Å². The smallest absolute Gasteiger partial charge is 0.422 e. The van der Waals surface area contributed by atoms with Gasteiger partial charge in [0.1, 0.15) is 6.61 Å². The van der Waals surface area contributed by atoms with Gasteiger partial charge in [-0.15, -0.1) is 0 Å². The Morgan fingerprint density at radius 1 is 1.14 bits per heavy atom. The van der Waals surface area contributed by atoms with Gasteiger partial charge in [0.05, 0.1) is 6.04 Å². The van der Waals surface area contributed by atoms with Crippen LogP contribution in [0, 0.1) is 17.9 Å². The highest BCUT2D eigenvalue weighted by Crippen LogP contribution is 2.23. The maximum absolute atomic E-state index is 11.8. The molecule has 110 valence electrons. The van der Waals surface area contributed by atoms with Gasteiger partial charge in [-0.25, -0.2) is 9.69 Å². The minimum Gasteiger partial charge on any atom is -0.446 e. The monoisotopic (exact) mass is 283 g/mol. The second-order valence-electron chi connectivity index (χ2n) is 5.88. The molecule has 0 spiro atoms. The first-order valence-electron chi connectivity index (χ1n) is 7.84. The lowest BCUT2D eigenvalue weighted by Crippen LogP contribution is -2.31. The second-order valence-corrected chi connectivity index (χ2v) is 5.88. The van der Waals surface area contributed by atoms with Gasteiger partial charge in [0.2, 0.25) is 0 Å². The standard InChI is InChI=1S/C18H21NO2/c20-18-19(12-11-15-7-3-1-4-8-15)17(14-21-18)13-16-9-5-2-6-10-16/h2,5-6,9-10,15,17H,1,3-4,7-8,13-14H2/t17-/m1/s1. The molecule has 1 aromatic carbocycles. The Morgan fingerprint density at radius 3 is 2.67 bits per heavy atom. The second kappa shape index (κ2) is 6.67. The van der Waals surface area contributed by atoms with E-state index in [0.29, 0.717) is 12.5 Å². The first-order chi connectivity index (χ1) is 10.3. The summed E-state index contributed by atoms with van der Waals surface area (Å²) in [5, 5.41) is 0. The molecule has 0 aromatic heterocycles. The summed E-state index contributed by atoms with van der Waals surface area (Å²) < 4.78 is 5.17. The van der Waals surface area contributed by atoms with Crippen molar-refractivity contribution in [2.75, 3.05) is 6.61 Å². The molecule has 1 aromatic rings. The van der Waals surface area contributed by atoms with E-state index in [1.165, 1.54) is 37.7 Å². The fourth-order valence-electron chi connectivity index (χ4n) is 3.04. The molecule has 0 bridgehead atoms. The van der Waals surface area contributed by atoms with Crippen molar-refractivity contribution >= 4 is 6.09 Å². The lowest BCUT2D eigenvalue weighted by Gasteiger charge is -2.17. The number of amides is 1.